The molecular weight excluding hydrogens is 270 g/mol. The summed E-state index contributed by atoms with van der Waals surface area (Å²) in [6.07, 6.45) is 1.78. The lowest BCUT2D eigenvalue weighted by atomic mass is 10.1. The molecule has 2 rings (SSSR count). The molecule has 20 heavy (non-hydrogen) atoms. The highest BCUT2D eigenvalue weighted by Gasteiger charge is 2.11. The van der Waals surface area contributed by atoms with Gasteiger partial charge in [-0.05, 0) is 49.4 Å². The number of hydrogen-bond donors (Lipinski definition) is 2. The number of hydrogen-bond acceptors (Lipinski definition) is 4. The van der Waals surface area contributed by atoms with Gasteiger partial charge in [0.25, 0.3) is 0 Å². The first kappa shape index (κ1) is 15.2. The molecule has 1 amide bonds. The number of thioether (sulfide) groups is 1. The monoisotopic (exact) mass is 293 g/mol. The van der Waals surface area contributed by atoms with Gasteiger partial charge >= 0.3 is 0 Å². The van der Waals surface area contributed by atoms with Crippen molar-refractivity contribution in [1.82, 2.24) is 4.90 Å². The summed E-state index contributed by atoms with van der Waals surface area (Å²) >= 11 is 2.01. The highest BCUT2D eigenvalue weighted by molar-refractivity contribution is 7.99. The molecule has 0 unspecified atom stereocenters. The smallest absolute Gasteiger partial charge is 0.225 e. The zero-order valence-corrected chi connectivity index (χ0v) is 12.8. The van der Waals surface area contributed by atoms with Crippen molar-refractivity contribution in [2.45, 2.75) is 19.8 Å². The molecule has 0 radical (unpaired) electrons. The molecule has 1 heterocycles. The van der Waals surface area contributed by atoms with Crippen LogP contribution < -0.4 is 11.1 Å². The number of aryl methyl sites for hydroxylation is 1. The van der Waals surface area contributed by atoms with Gasteiger partial charge in [-0.15, -0.1) is 0 Å². The molecule has 0 aromatic heterocycles. The summed E-state index contributed by atoms with van der Waals surface area (Å²) in [6.45, 7) is 5.01. The average Bonchev–Trinajstić information content (AvgIpc) is 2.68. The fourth-order valence-corrected chi connectivity index (χ4v) is 3.25. The van der Waals surface area contributed by atoms with Gasteiger partial charge in [0.1, 0.15) is 0 Å². The van der Waals surface area contributed by atoms with E-state index in [1.807, 2.05) is 36.9 Å². The molecule has 0 bridgehead atoms. The summed E-state index contributed by atoms with van der Waals surface area (Å²) in [5.41, 5.74) is 8.29. The topological polar surface area (TPSA) is 58.4 Å². The van der Waals surface area contributed by atoms with E-state index in [1.54, 1.807) is 0 Å². The van der Waals surface area contributed by atoms with Crippen molar-refractivity contribution in [1.29, 1.82) is 0 Å². The summed E-state index contributed by atoms with van der Waals surface area (Å²) in [7, 11) is 0. The third kappa shape index (κ3) is 4.72. The molecule has 5 heteroatoms. The fourth-order valence-electron chi connectivity index (χ4n) is 2.32. The van der Waals surface area contributed by atoms with Gasteiger partial charge in [0.2, 0.25) is 5.91 Å². The highest BCUT2D eigenvalue weighted by Crippen LogP contribution is 2.18. The molecule has 0 saturated carbocycles. The number of benzene rings is 1. The van der Waals surface area contributed by atoms with Crippen molar-refractivity contribution in [2.75, 3.05) is 42.2 Å². The second-order valence-electron chi connectivity index (χ2n) is 5.18. The average molecular weight is 293 g/mol. The maximum atomic E-state index is 12.0. The van der Waals surface area contributed by atoms with E-state index in [9.17, 15) is 4.79 Å². The van der Waals surface area contributed by atoms with Crippen molar-refractivity contribution < 1.29 is 4.79 Å². The first-order valence-electron chi connectivity index (χ1n) is 7.11. The van der Waals surface area contributed by atoms with Crippen LogP contribution in [0.1, 0.15) is 18.4 Å². The Morgan fingerprint density at radius 1 is 1.40 bits per heavy atom. The van der Waals surface area contributed by atoms with E-state index >= 15 is 0 Å². The van der Waals surface area contributed by atoms with E-state index in [0.29, 0.717) is 6.42 Å². The molecule has 4 nitrogen and oxygen atoms in total. The predicted octanol–water partition coefficient (Wildman–Crippen LogP) is 2.34. The van der Waals surface area contributed by atoms with Crippen LogP contribution in [0.2, 0.25) is 0 Å². The molecule has 1 aromatic carbocycles. The third-order valence-electron chi connectivity index (χ3n) is 3.49. The SMILES string of the molecule is Cc1cc(N)ccc1NC(=O)CCN1CCCSCC1. The van der Waals surface area contributed by atoms with Crippen LogP contribution in [0.15, 0.2) is 18.2 Å². The van der Waals surface area contributed by atoms with E-state index in [1.165, 1.54) is 17.9 Å². The largest absolute Gasteiger partial charge is 0.399 e. The number of carbonyl (C=O) groups excluding carboxylic acids is 1. The zero-order chi connectivity index (χ0) is 14.4. The van der Waals surface area contributed by atoms with E-state index in [0.717, 1.165) is 36.6 Å². The number of carbonyl (C=O) groups is 1. The van der Waals surface area contributed by atoms with Crippen LogP contribution >= 0.6 is 11.8 Å². The lowest BCUT2D eigenvalue weighted by Crippen LogP contribution is -2.29. The molecule has 110 valence electrons. The maximum Gasteiger partial charge on any atom is 0.225 e. The molecule has 0 atom stereocenters. The van der Waals surface area contributed by atoms with Gasteiger partial charge < -0.3 is 16.0 Å². The highest BCUT2D eigenvalue weighted by atomic mass is 32.2. The summed E-state index contributed by atoms with van der Waals surface area (Å²) in [5, 5.41) is 2.97. The first-order chi connectivity index (χ1) is 9.65. The quantitative estimate of drug-likeness (QED) is 0.837. The normalized spacial score (nSPS) is 16.6. The fraction of sp³-hybridized carbons (Fsp3) is 0.533. The summed E-state index contributed by atoms with van der Waals surface area (Å²) in [6, 6.07) is 5.56. The number of nitrogens with two attached hydrogens (primary N) is 1. The standard InChI is InChI=1S/C15H23N3OS/c1-12-11-13(16)3-4-14(12)17-15(19)5-7-18-6-2-9-20-10-8-18/h3-4,11H,2,5-10,16H2,1H3,(H,17,19). The number of anilines is 2. The molecule has 1 saturated heterocycles. The van der Waals surface area contributed by atoms with Gasteiger partial charge in [-0.2, -0.15) is 11.8 Å². The van der Waals surface area contributed by atoms with Crippen LogP contribution in [-0.2, 0) is 4.79 Å². The van der Waals surface area contributed by atoms with E-state index < -0.39 is 0 Å². The van der Waals surface area contributed by atoms with Crippen LogP contribution in [-0.4, -0.2) is 41.9 Å². The lowest BCUT2D eigenvalue weighted by molar-refractivity contribution is -0.116. The Hall–Kier alpha value is -1.20. The Balaban J connectivity index is 1.79. The van der Waals surface area contributed by atoms with Crippen molar-refractivity contribution >= 4 is 29.0 Å². The second-order valence-corrected chi connectivity index (χ2v) is 6.40. The molecule has 0 aliphatic carbocycles. The van der Waals surface area contributed by atoms with E-state index in [2.05, 4.69) is 10.2 Å². The molecule has 1 aliphatic rings. The number of rotatable bonds is 4. The number of nitrogen functional groups attached to an aromatic ring is 1. The Morgan fingerprint density at radius 3 is 3.05 bits per heavy atom. The Morgan fingerprint density at radius 2 is 2.25 bits per heavy atom. The van der Waals surface area contributed by atoms with Crippen molar-refractivity contribution in [3.05, 3.63) is 23.8 Å². The summed E-state index contributed by atoms with van der Waals surface area (Å²) in [4.78, 5) is 14.4. The first-order valence-corrected chi connectivity index (χ1v) is 8.27. The van der Waals surface area contributed by atoms with Crippen LogP contribution in [0.25, 0.3) is 0 Å². The van der Waals surface area contributed by atoms with E-state index in [-0.39, 0.29) is 5.91 Å². The molecule has 0 spiro atoms. The minimum absolute atomic E-state index is 0.0785. The Kier molecular flexibility index (Phi) is 5.73. The molecule has 1 fully saturated rings. The molecule has 1 aromatic rings. The van der Waals surface area contributed by atoms with Gasteiger partial charge in [-0.1, -0.05) is 0 Å². The van der Waals surface area contributed by atoms with Crippen molar-refractivity contribution in [3.8, 4) is 0 Å². The summed E-state index contributed by atoms with van der Waals surface area (Å²) in [5.74, 6) is 2.50. The van der Waals surface area contributed by atoms with Crippen LogP contribution in [0, 0.1) is 6.92 Å². The van der Waals surface area contributed by atoms with Crippen LogP contribution in [0.3, 0.4) is 0 Å². The van der Waals surface area contributed by atoms with Crippen LogP contribution in [0.5, 0.6) is 0 Å². The molecule has 3 N–H and O–H groups in total. The third-order valence-corrected chi connectivity index (χ3v) is 4.54. The van der Waals surface area contributed by atoms with Crippen molar-refractivity contribution in [2.24, 2.45) is 0 Å². The number of amides is 1. The van der Waals surface area contributed by atoms with Gasteiger partial charge in [0, 0.05) is 36.6 Å². The minimum Gasteiger partial charge on any atom is -0.399 e. The molecule has 1 aliphatic heterocycles. The Bertz CT molecular complexity index is 456. The van der Waals surface area contributed by atoms with Crippen molar-refractivity contribution in [3.63, 3.8) is 0 Å². The number of nitrogens with one attached hydrogen (secondary N) is 1. The summed E-state index contributed by atoms with van der Waals surface area (Å²) < 4.78 is 0. The lowest BCUT2D eigenvalue weighted by Gasteiger charge is -2.19. The number of nitrogens with zero attached hydrogens (tertiary/aromatic N) is 1. The van der Waals surface area contributed by atoms with E-state index in [4.69, 9.17) is 5.73 Å². The minimum atomic E-state index is 0.0785. The molecular formula is C15H23N3OS. The van der Waals surface area contributed by atoms with Gasteiger partial charge in [0.05, 0.1) is 0 Å². The van der Waals surface area contributed by atoms with Gasteiger partial charge in [-0.3, -0.25) is 4.79 Å². The zero-order valence-electron chi connectivity index (χ0n) is 12.0. The maximum absolute atomic E-state index is 12.0. The van der Waals surface area contributed by atoms with Gasteiger partial charge in [-0.25, -0.2) is 0 Å². The van der Waals surface area contributed by atoms with Gasteiger partial charge in [0.15, 0.2) is 0 Å². The Labute approximate surface area is 125 Å². The predicted molar refractivity (Wildman–Crippen MR) is 87.2 cm³/mol. The second kappa shape index (κ2) is 7.55. The van der Waals surface area contributed by atoms with Crippen LogP contribution in [0.4, 0.5) is 11.4 Å².